The minimum Gasteiger partial charge on any atom is -0.480 e. The average molecular weight is 588 g/mol. The number of sulfonamides is 1. The van der Waals surface area contributed by atoms with Gasteiger partial charge < -0.3 is 14.4 Å². The molecule has 0 amide bonds. The molecule has 0 fully saturated rings. The third-order valence-electron chi connectivity index (χ3n) is 5.98. The number of pyridine rings is 2. The van der Waals surface area contributed by atoms with E-state index in [9.17, 15) is 13.2 Å². The van der Waals surface area contributed by atoms with Crippen molar-refractivity contribution in [2.75, 3.05) is 46.1 Å². The van der Waals surface area contributed by atoms with Gasteiger partial charge in [0, 0.05) is 37.1 Å². The van der Waals surface area contributed by atoms with Crippen molar-refractivity contribution in [3.8, 4) is 17.0 Å². The molecule has 0 bridgehead atoms. The molecule has 10 nitrogen and oxygen atoms in total. The van der Waals surface area contributed by atoms with Gasteiger partial charge in [0.15, 0.2) is 0 Å². The topological polar surface area (TPSA) is 115 Å². The Bertz CT molecular complexity index is 1580. The van der Waals surface area contributed by atoms with Gasteiger partial charge in [0.05, 0.1) is 18.7 Å². The first-order chi connectivity index (χ1) is 18.9. The Morgan fingerprint density at radius 1 is 1.23 bits per heavy atom. The van der Waals surface area contributed by atoms with Crippen LogP contribution in [0.1, 0.15) is 24.2 Å². The van der Waals surface area contributed by atoms with Crippen LogP contribution in [0.3, 0.4) is 0 Å². The van der Waals surface area contributed by atoms with E-state index in [0.29, 0.717) is 29.8 Å². The number of hydrogen-bond donors (Lipinski definition) is 1. The number of allylic oxidation sites excluding steroid dienone is 1. The lowest BCUT2D eigenvalue weighted by molar-refractivity contribution is 0.0351. The molecule has 0 aliphatic heterocycles. The van der Waals surface area contributed by atoms with E-state index in [1.807, 2.05) is 19.0 Å². The first-order valence-corrected chi connectivity index (χ1v) is 14.2. The summed E-state index contributed by atoms with van der Waals surface area (Å²) >= 11 is 6.31. The maximum absolute atomic E-state index is 13.3. The molecule has 0 unspecified atom stereocenters. The van der Waals surface area contributed by atoms with Gasteiger partial charge in [-0.3, -0.25) is 19.1 Å². The predicted molar refractivity (Wildman–Crippen MR) is 157 cm³/mol. The number of carbonyl (C=O) groups excluding carboxylic acids is 1. The molecular weight excluding hydrogens is 554 g/mol. The number of methoxy groups -OCH3 is 1. The smallest absolute Gasteiger partial charge is 0.263 e. The Balaban J connectivity index is 1.98. The molecule has 12 heteroatoms. The van der Waals surface area contributed by atoms with Crippen LogP contribution in [0.5, 0.6) is 5.88 Å². The van der Waals surface area contributed by atoms with Crippen molar-refractivity contribution < 1.29 is 22.7 Å². The van der Waals surface area contributed by atoms with Crippen LogP contribution in [0.4, 0.5) is 5.69 Å². The summed E-state index contributed by atoms with van der Waals surface area (Å²) in [6.45, 7) is 8.42. The summed E-state index contributed by atoms with van der Waals surface area (Å²) in [5, 5.41) is 0.0523. The number of halogens is 1. The monoisotopic (exact) mass is 587 g/mol. The van der Waals surface area contributed by atoms with Gasteiger partial charge in [-0.2, -0.15) is 0 Å². The molecule has 1 atom stereocenters. The molecule has 1 N–H and O–H groups in total. The van der Waals surface area contributed by atoms with Crippen molar-refractivity contribution in [3.63, 3.8) is 0 Å². The van der Waals surface area contributed by atoms with Crippen molar-refractivity contribution >= 4 is 38.8 Å². The van der Waals surface area contributed by atoms with E-state index in [2.05, 4.69) is 21.3 Å². The van der Waals surface area contributed by atoms with E-state index in [1.54, 1.807) is 57.4 Å². The number of aromatic nitrogens is 2. The fraction of sp³-hybridized carbons (Fsp3) is 0.321. The minimum atomic E-state index is -4.10. The second kappa shape index (κ2) is 13.2. The maximum Gasteiger partial charge on any atom is 0.263 e. The van der Waals surface area contributed by atoms with Crippen molar-refractivity contribution in [2.24, 2.45) is 4.99 Å². The first kappa shape index (κ1) is 31.0. The Morgan fingerprint density at radius 2 is 1.95 bits per heavy atom. The van der Waals surface area contributed by atoms with E-state index < -0.39 is 16.1 Å². The van der Waals surface area contributed by atoms with Crippen molar-refractivity contribution in [2.45, 2.75) is 24.8 Å². The molecule has 0 aliphatic carbocycles. The largest absolute Gasteiger partial charge is 0.480 e. The maximum atomic E-state index is 13.3. The van der Waals surface area contributed by atoms with Gasteiger partial charge in [0.1, 0.15) is 22.2 Å². The summed E-state index contributed by atoms with van der Waals surface area (Å²) in [7, 11) is 2.72. The van der Waals surface area contributed by atoms with Gasteiger partial charge in [-0.25, -0.2) is 13.4 Å². The van der Waals surface area contributed by atoms with E-state index in [-0.39, 0.29) is 27.4 Å². The lowest BCUT2D eigenvalue weighted by Crippen LogP contribution is -2.36. The van der Waals surface area contributed by atoms with Crippen LogP contribution in [0.25, 0.3) is 16.7 Å². The highest BCUT2D eigenvalue weighted by molar-refractivity contribution is 7.92. The highest BCUT2D eigenvalue weighted by Gasteiger charge is 2.22. The van der Waals surface area contributed by atoms with Crippen LogP contribution in [0.15, 0.2) is 65.3 Å². The normalized spacial score (nSPS) is 12.8. The number of rotatable bonds is 11. The van der Waals surface area contributed by atoms with Crippen LogP contribution in [0.2, 0.25) is 5.02 Å². The summed E-state index contributed by atoms with van der Waals surface area (Å²) in [6.07, 6.45) is 2.43. The van der Waals surface area contributed by atoms with Crippen LogP contribution < -0.4 is 14.9 Å². The Labute approximate surface area is 240 Å². The van der Waals surface area contributed by atoms with E-state index >= 15 is 0 Å². The number of nitrogens with zero attached hydrogens (tertiary/aromatic N) is 4. The third-order valence-corrected chi connectivity index (χ3v) is 7.83. The van der Waals surface area contributed by atoms with E-state index in [0.717, 1.165) is 11.1 Å². The molecule has 2 aromatic heterocycles. The first-order valence-electron chi connectivity index (χ1n) is 12.4. The molecule has 0 spiro atoms. The molecule has 3 rings (SSSR count). The molecular formula is C28H34ClN5O5S. The highest BCUT2D eigenvalue weighted by atomic mass is 35.5. The van der Waals surface area contributed by atoms with Gasteiger partial charge in [0.25, 0.3) is 15.9 Å². The van der Waals surface area contributed by atoms with Crippen LogP contribution in [0, 0.1) is 0 Å². The van der Waals surface area contributed by atoms with Crippen molar-refractivity contribution in [1.82, 2.24) is 14.5 Å². The zero-order chi connectivity index (χ0) is 29.6. The lowest BCUT2D eigenvalue weighted by Gasteiger charge is -2.17. The zero-order valence-electron chi connectivity index (χ0n) is 23.4. The van der Waals surface area contributed by atoms with Crippen molar-refractivity contribution in [3.05, 3.63) is 71.4 Å². The Morgan fingerprint density at radius 3 is 2.55 bits per heavy atom. The molecule has 214 valence electrons. The minimum absolute atomic E-state index is 0.0523. The summed E-state index contributed by atoms with van der Waals surface area (Å²) in [6, 6.07) is 9.63. The summed E-state index contributed by atoms with van der Waals surface area (Å²) in [4.78, 5) is 23.6. The SMILES string of the molecule is C=C(C)c1ccc(S(=O)(=O)Nc2cc(-c3ccc(=NC)n(C(=O)[C@@H](C)OCCN(C)C)c3)cnc2OC)c(Cl)c1. The summed E-state index contributed by atoms with van der Waals surface area (Å²) < 4.78 is 41.5. The quantitative estimate of drug-likeness (QED) is 0.358. The van der Waals surface area contributed by atoms with Gasteiger partial charge in [0.2, 0.25) is 5.88 Å². The predicted octanol–water partition coefficient (Wildman–Crippen LogP) is 4.18. The number of benzene rings is 1. The molecule has 0 saturated carbocycles. The van der Waals surface area contributed by atoms with Crippen LogP contribution in [-0.4, -0.2) is 76.3 Å². The van der Waals surface area contributed by atoms with Crippen LogP contribution >= 0.6 is 11.6 Å². The second-order valence-electron chi connectivity index (χ2n) is 9.34. The summed E-state index contributed by atoms with van der Waals surface area (Å²) in [5.41, 5.74) is 3.15. The van der Waals surface area contributed by atoms with Gasteiger partial charge in [-0.15, -0.1) is 0 Å². The highest BCUT2D eigenvalue weighted by Crippen LogP contribution is 2.32. The molecule has 2 heterocycles. The van der Waals surface area contributed by atoms with Gasteiger partial charge in [-0.1, -0.05) is 29.8 Å². The standard InChI is InChI=1S/C28H34ClN5O5S/c1-18(2)20-8-10-25(23(29)14-20)40(36,37)32-24-15-22(16-31-27(24)38-7)21-9-11-26(30-4)34(17-21)28(35)19(3)39-13-12-33(5)6/h8-11,14-17,19,32H,1,12-13H2,2-7H3/t19-/m1/s1. The number of ether oxygens (including phenoxy) is 2. The molecule has 3 aromatic rings. The van der Waals surface area contributed by atoms with E-state index in [4.69, 9.17) is 21.1 Å². The third kappa shape index (κ3) is 7.36. The van der Waals surface area contributed by atoms with Gasteiger partial charge in [-0.05, 0) is 63.8 Å². The van der Waals surface area contributed by atoms with E-state index in [1.165, 1.54) is 23.9 Å². The van der Waals surface area contributed by atoms with Crippen LogP contribution in [-0.2, 0) is 14.8 Å². The zero-order valence-corrected chi connectivity index (χ0v) is 25.0. The fourth-order valence-electron chi connectivity index (χ4n) is 3.73. The average Bonchev–Trinajstić information content (AvgIpc) is 2.91. The van der Waals surface area contributed by atoms with Crippen molar-refractivity contribution in [1.29, 1.82) is 0 Å². The Kier molecular flexibility index (Phi) is 10.3. The summed E-state index contributed by atoms with van der Waals surface area (Å²) in [5.74, 6) is -0.231. The number of carbonyl (C=O) groups is 1. The number of hydrogen-bond acceptors (Lipinski definition) is 8. The molecule has 0 radical (unpaired) electrons. The molecule has 40 heavy (non-hydrogen) atoms. The Hall–Kier alpha value is -3.51. The lowest BCUT2D eigenvalue weighted by atomic mass is 10.1. The molecule has 0 aliphatic rings. The number of anilines is 1. The molecule has 1 aromatic carbocycles. The van der Waals surface area contributed by atoms with Gasteiger partial charge >= 0.3 is 0 Å². The molecule has 0 saturated heterocycles. The second-order valence-corrected chi connectivity index (χ2v) is 11.4. The number of nitrogens with one attached hydrogen (secondary N) is 1. The fourth-order valence-corrected chi connectivity index (χ4v) is 5.33. The number of likely N-dealkylation sites (N-methyl/N-ethyl adjacent to an activating group) is 1.